The second kappa shape index (κ2) is 18.6. The summed E-state index contributed by atoms with van der Waals surface area (Å²) in [5.41, 5.74) is 6.08. The Morgan fingerprint density at radius 2 is 1.35 bits per heavy atom. The number of carboxylic acids is 3. The van der Waals surface area contributed by atoms with E-state index in [2.05, 4.69) is 15.5 Å². The lowest BCUT2D eigenvalue weighted by Crippen LogP contribution is -2.57. The highest BCUT2D eigenvalue weighted by atomic mass is 19.4. The number of nitrogens with zero attached hydrogens (tertiary/aromatic N) is 1. The molecule has 0 aromatic heterocycles. The van der Waals surface area contributed by atoms with E-state index in [1.54, 1.807) is 18.2 Å². The van der Waals surface area contributed by atoms with Crippen LogP contribution in [0.15, 0.2) is 24.3 Å². The Balaban J connectivity index is 0.000000786. The number of piperidine rings is 3. The van der Waals surface area contributed by atoms with Gasteiger partial charge in [-0.1, -0.05) is 12.1 Å². The Morgan fingerprint density at radius 1 is 0.891 bits per heavy atom. The lowest BCUT2D eigenvalue weighted by molar-refractivity contribution is -0.193. The molecule has 13 nitrogen and oxygen atoms in total. The number of hydrogen-bond acceptors (Lipinski definition) is 8. The molecule has 3 aliphatic rings. The fourth-order valence-electron chi connectivity index (χ4n) is 3.60. The summed E-state index contributed by atoms with van der Waals surface area (Å²) in [5, 5.41) is 35.1. The summed E-state index contributed by atoms with van der Waals surface area (Å²) in [6.45, 7) is 4.66. The van der Waals surface area contributed by atoms with Gasteiger partial charge in [0, 0.05) is 18.2 Å². The molecule has 0 aliphatic carbocycles. The van der Waals surface area contributed by atoms with Crippen molar-refractivity contribution in [3.05, 3.63) is 29.8 Å². The summed E-state index contributed by atoms with van der Waals surface area (Å²) in [6, 6.07) is 7.53. The third-order valence-electron chi connectivity index (χ3n) is 5.75. The van der Waals surface area contributed by atoms with Gasteiger partial charge in [0.2, 0.25) is 5.91 Å². The monoisotopic (exact) mass is 687 g/mol. The van der Waals surface area contributed by atoms with Crippen LogP contribution in [0.3, 0.4) is 0 Å². The van der Waals surface area contributed by atoms with Crippen molar-refractivity contribution in [3.8, 4) is 5.75 Å². The van der Waals surface area contributed by atoms with E-state index in [0.29, 0.717) is 37.1 Å². The quantitative estimate of drug-likeness (QED) is 0.0909. The summed E-state index contributed by atoms with van der Waals surface area (Å²) in [7, 11) is 0. The standard InChI is InChI=1S/C18H27N5O2.3C2HF3O2/c19-18(20)14-2-1-3-15(10-14)25-9-6-21-17(24)11-22-16-12-23-7-4-13(16)5-8-23;3*3-2(4,5)1(6)7/h1-3,10,13,16,22H,4-9,11-12H2,(H3,19,20)(H,21,24);3*(H,6,7). The van der Waals surface area contributed by atoms with Crippen LogP contribution in [-0.2, 0) is 19.2 Å². The Labute approximate surface area is 254 Å². The molecule has 3 saturated heterocycles. The van der Waals surface area contributed by atoms with Gasteiger partial charge in [0.25, 0.3) is 0 Å². The van der Waals surface area contributed by atoms with E-state index in [0.717, 1.165) is 12.5 Å². The van der Waals surface area contributed by atoms with E-state index >= 15 is 0 Å². The zero-order chi connectivity index (χ0) is 35.9. The minimum absolute atomic E-state index is 0.00228. The van der Waals surface area contributed by atoms with Gasteiger partial charge in [0.15, 0.2) is 0 Å². The van der Waals surface area contributed by atoms with Gasteiger partial charge in [-0.05, 0) is 44.0 Å². The van der Waals surface area contributed by atoms with Gasteiger partial charge in [0.1, 0.15) is 18.2 Å². The maximum Gasteiger partial charge on any atom is 0.490 e. The van der Waals surface area contributed by atoms with Crippen molar-refractivity contribution >= 4 is 29.7 Å². The number of carbonyl (C=O) groups excluding carboxylic acids is 1. The molecule has 1 aromatic carbocycles. The SMILES string of the molecule is N=C(N)c1cccc(OCCNC(=O)CNC2CN3CCC2CC3)c1.O=C(O)C(F)(F)F.O=C(O)C(F)(F)F.O=C(O)C(F)(F)F. The number of nitrogen functional groups attached to an aromatic ring is 1. The van der Waals surface area contributed by atoms with Crippen LogP contribution >= 0.6 is 0 Å². The molecule has 3 heterocycles. The number of ether oxygens (including phenoxy) is 1. The first kappa shape index (κ1) is 41.7. The summed E-state index contributed by atoms with van der Waals surface area (Å²) in [5.74, 6) is -6.90. The smallest absolute Gasteiger partial charge is 0.490 e. The predicted octanol–water partition coefficient (Wildman–Crippen LogP) is 2.05. The lowest BCUT2D eigenvalue weighted by atomic mass is 9.84. The molecule has 46 heavy (non-hydrogen) atoms. The number of amides is 1. The number of carboxylic acid groups (broad SMARTS) is 3. The molecule has 0 radical (unpaired) electrons. The predicted molar refractivity (Wildman–Crippen MR) is 138 cm³/mol. The zero-order valence-corrected chi connectivity index (χ0v) is 23.4. The summed E-state index contributed by atoms with van der Waals surface area (Å²) in [4.78, 5) is 41.1. The van der Waals surface area contributed by atoms with E-state index < -0.39 is 36.4 Å². The van der Waals surface area contributed by atoms with E-state index in [1.807, 2.05) is 6.07 Å². The molecule has 0 saturated carbocycles. The fraction of sp³-hybridized carbons (Fsp3) is 0.542. The highest BCUT2D eigenvalue weighted by Gasteiger charge is 2.39. The van der Waals surface area contributed by atoms with E-state index in [1.165, 1.54) is 25.9 Å². The third kappa shape index (κ3) is 17.8. The first-order chi connectivity index (χ1) is 20.9. The normalized spacial score (nSPS) is 18.6. The molecule has 3 aliphatic heterocycles. The van der Waals surface area contributed by atoms with Crippen LogP contribution in [0.2, 0.25) is 0 Å². The molecule has 1 aromatic rings. The van der Waals surface area contributed by atoms with E-state index in [-0.39, 0.29) is 11.7 Å². The number of aliphatic carboxylic acids is 3. The zero-order valence-electron chi connectivity index (χ0n) is 23.4. The second-order valence-electron chi connectivity index (χ2n) is 9.17. The van der Waals surface area contributed by atoms with Crippen molar-refractivity contribution in [2.45, 2.75) is 37.4 Å². The number of alkyl halides is 9. The van der Waals surface area contributed by atoms with Gasteiger partial charge >= 0.3 is 36.4 Å². The number of carbonyl (C=O) groups is 4. The van der Waals surface area contributed by atoms with Crippen molar-refractivity contribution in [1.29, 1.82) is 5.41 Å². The maximum absolute atomic E-state index is 12.0. The van der Waals surface area contributed by atoms with Gasteiger partial charge in [-0.15, -0.1) is 0 Å². The van der Waals surface area contributed by atoms with Crippen LogP contribution in [0.5, 0.6) is 5.75 Å². The van der Waals surface area contributed by atoms with Gasteiger partial charge < -0.3 is 41.3 Å². The molecule has 1 atom stereocenters. The van der Waals surface area contributed by atoms with Crippen molar-refractivity contribution in [3.63, 3.8) is 0 Å². The van der Waals surface area contributed by atoms with E-state index in [9.17, 15) is 44.3 Å². The molecular weight excluding hydrogens is 657 g/mol. The number of benzene rings is 1. The second-order valence-corrected chi connectivity index (χ2v) is 9.17. The topological polar surface area (TPSA) is 215 Å². The van der Waals surface area contributed by atoms with Crippen LogP contribution in [0.4, 0.5) is 39.5 Å². The third-order valence-corrected chi connectivity index (χ3v) is 5.75. The Hall–Kier alpha value is -4.34. The summed E-state index contributed by atoms with van der Waals surface area (Å²) in [6.07, 6.45) is -12.8. The van der Waals surface area contributed by atoms with Gasteiger partial charge in [0.05, 0.1) is 13.1 Å². The van der Waals surface area contributed by atoms with Crippen LogP contribution in [0, 0.1) is 11.3 Å². The maximum atomic E-state index is 12.0. The Morgan fingerprint density at radius 3 is 1.72 bits per heavy atom. The largest absolute Gasteiger partial charge is 0.492 e. The molecule has 8 N–H and O–H groups in total. The van der Waals surface area contributed by atoms with Crippen molar-refractivity contribution in [2.24, 2.45) is 11.7 Å². The van der Waals surface area contributed by atoms with Crippen LogP contribution in [0.25, 0.3) is 0 Å². The van der Waals surface area contributed by atoms with Crippen LogP contribution in [-0.4, -0.2) is 114 Å². The summed E-state index contributed by atoms with van der Waals surface area (Å²) >= 11 is 0. The molecular formula is C24H30F9N5O8. The van der Waals surface area contributed by atoms with Crippen LogP contribution in [0.1, 0.15) is 18.4 Å². The van der Waals surface area contributed by atoms with Crippen molar-refractivity contribution in [1.82, 2.24) is 15.5 Å². The van der Waals surface area contributed by atoms with Gasteiger partial charge in [-0.2, -0.15) is 39.5 Å². The average molecular weight is 688 g/mol. The summed E-state index contributed by atoms with van der Waals surface area (Å²) < 4.78 is 101. The average Bonchev–Trinajstić information content (AvgIpc) is 2.94. The molecule has 3 fully saturated rings. The number of amidine groups is 1. The number of nitrogens with two attached hydrogens (primary N) is 1. The minimum Gasteiger partial charge on any atom is -0.492 e. The van der Waals surface area contributed by atoms with Gasteiger partial charge in [-0.3, -0.25) is 10.2 Å². The number of halogens is 9. The molecule has 1 unspecified atom stereocenters. The number of rotatable bonds is 8. The first-order valence-corrected chi connectivity index (χ1v) is 12.6. The molecule has 0 spiro atoms. The highest BCUT2D eigenvalue weighted by molar-refractivity contribution is 5.95. The molecule has 4 rings (SSSR count). The number of hydrogen-bond donors (Lipinski definition) is 7. The fourth-order valence-corrected chi connectivity index (χ4v) is 3.60. The van der Waals surface area contributed by atoms with Crippen LogP contribution < -0.4 is 21.1 Å². The molecule has 2 bridgehead atoms. The number of fused-ring (bicyclic) bond motifs is 3. The van der Waals surface area contributed by atoms with E-state index in [4.69, 9.17) is 45.6 Å². The molecule has 1 amide bonds. The van der Waals surface area contributed by atoms with Crippen molar-refractivity contribution in [2.75, 3.05) is 39.3 Å². The Bertz CT molecular complexity index is 1110. The minimum atomic E-state index is -5.08. The molecule has 262 valence electrons. The number of nitrogens with one attached hydrogen (secondary N) is 3. The first-order valence-electron chi connectivity index (χ1n) is 12.6. The van der Waals surface area contributed by atoms with Gasteiger partial charge in [-0.25, -0.2) is 14.4 Å². The van der Waals surface area contributed by atoms with Crippen molar-refractivity contribution < 1.29 is 78.7 Å². The molecule has 22 heteroatoms. The highest BCUT2D eigenvalue weighted by Crippen LogP contribution is 2.27. The lowest BCUT2D eigenvalue weighted by Gasteiger charge is -2.45. The Kier molecular flexibility index (Phi) is 16.8.